The van der Waals surface area contributed by atoms with Crippen LogP contribution in [0.5, 0.6) is 0 Å². The van der Waals surface area contributed by atoms with E-state index < -0.39 is 0 Å². The Morgan fingerprint density at radius 2 is 1.70 bits per heavy atom. The fraction of sp³-hybridized carbons (Fsp3) is 0.120. The van der Waals surface area contributed by atoms with Crippen LogP contribution in [0.4, 0.5) is 0 Å². The molecule has 0 aliphatic carbocycles. The van der Waals surface area contributed by atoms with E-state index in [4.69, 9.17) is 0 Å². The first-order valence-corrected chi connectivity index (χ1v) is 10.8. The standard InChI is InChI=1S/C25H22IN3O/c1-17-7-3-4-8-20(17)16-29-18(2)23(22-9-5-6-10-24(22)29)15-27-28-25(30)19-11-13-21(26)14-12-19/h3-15H,16H2,1-2H3,(H,28,30)/b27-15-. The molecule has 0 spiro atoms. The lowest BCUT2D eigenvalue weighted by atomic mass is 10.1. The monoisotopic (exact) mass is 507 g/mol. The Morgan fingerprint density at radius 3 is 2.47 bits per heavy atom. The Balaban J connectivity index is 1.63. The molecular weight excluding hydrogens is 485 g/mol. The van der Waals surface area contributed by atoms with Gasteiger partial charge in [-0.2, -0.15) is 5.10 Å². The number of nitrogens with zero attached hydrogens (tertiary/aromatic N) is 2. The van der Waals surface area contributed by atoms with Crippen molar-refractivity contribution in [2.45, 2.75) is 20.4 Å². The van der Waals surface area contributed by atoms with E-state index in [0.717, 1.165) is 32.3 Å². The highest BCUT2D eigenvalue weighted by Gasteiger charge is 2.13. The van der Waals surface area contributed by atoms with Crippen LogP contribution in [0.3, 0.4) is 0 Å². The molecule has 1 N–H and O–H groups in total. The van der Waals surface area contributed by atoms with Gasteiger partial charge in [-0.15, -0.1) is 0 Å². The Bertz CT molecular complexity index is 1240. The summed E-state index contributed by atoms with van der Waals surface area (Å²) in [6, 6.07) is 24.2. The smallest absolute Gasteiger partial charge is 0.271 e. The van der Waals surface area contributed by atoms with Crippen LogP contribution in [0.15, 0.2) is 77.9 Å². The van der Waals surface area contributed by atoms with Crippen molar-refractivity contribution < 1.29 is 4.79 Å². The van der Waals surface area contributed by atoms with E-state index in [1.807, 2.05) is 18.2 Å². The van der Waals surface area contributed by atoms with Gasteiger partial charge in [-0.1, -0.05) is 42.5 Å². The summed E-state index contributed by atoms with van der Waals surface area (Å²) in [5.74, 6) is -0.219. The fourth-order valence-electron chi connectivity index (χ4n) is 3.60. The molecule has 1 aromatic heterocycles. The molecule has 1 heterocycles. The lowest BCUT2D eigenvalue weighted by Gasteiger charge is -2.11. The highest BCUT2D eigenvalue weighted by atomic mass is 127. The minimum atomic E-state index is -0.219. The molecule has 150 valence electrons. The van der Waals surface area contributed by atoms with Crippen LogP contribution in [0.1, 0.15) is 32.7 Å². The highest BCUT2D eigenvalue weighted by Crippen LogP contribution is 2.26. The number of aromatic nitrogens is 1. The lowest BCUT2D eigenvalue weighted by Crippen LogP contribution is -2.17. The van der Waals surface area contributed by atoms with Crippen LogP contribution >= 0.6 is 22.6 Å². The molecule has 4 aromatic rings. The van der Waals surface area contributed by atoms with Gasteiger partial charge < -0.3 is 4.57 Å². The second kappa shape index (κ2) is 8.83. The molecule has 1 amide bonds. The predicted octanol–water partition coefficient (Wildman–Crippen LogP) is 5.67. The molecule has 3 aromatic carbocycles. The SMILES string of the molecule is Cc1ccccc1Cn1c(C)c(/C=N\NC(=O)c2ccc(I)cc2)c2ccccc21. The minimum Gasteiger partial charge on any atom is -0.340 e. The normalized spacial score (nSPS) is 11.3. The van der Waals surface area contributed by atoms with Crippen LogP contribution in [-0.4, -0.2) is 16.7 Å². The number of benzene rings is 3. The molecule has 5 heteroatoms. The average molecular weight is 507 g/mol. The second-order valence-electron chi connectivity index (χ2n) is 7.23. The van der Waals surface area contributed by atoms with Crippen molar-refractivity contribution in [3.63, 3.8) is 0 Å². The van der Waals surface area contributed by atoms with Crippen molar-refractivity contribution in [2.75, 3.05) is 0 Å². The molecule has 0 aliphatic rings. The Kier molecular flexibility index (Phi) is 5.99. The minimum absolute atomic E-state index is 0.219. The first-order valence-electron chi connectivity index (χ1n) is 9.76. The van der Waals surface area contributed by atoms with E-state index in [0.29, 0.717) is 5.56 Å². The van der Waals surface area contributed by atoms with Gasteiger partial charge in [0.1, 0.15) is 0 Å². The molecule has 0 radical (unpaired) electrons. The predicted molar refractivity (Wildman–Crippen MR) is 131 cm³/mol. The number of amides is 1. The van der Waals surface area contributed by atoms with E-state index in [-0.39, 0.29) is 5.91 Å². The number of hydrazone groups is 1. The summed E-state index contributed by atoms with van der Waals surface area (Å²) in [4.78, 5) is 12.3. The summed E-state index contributed by atoms with van der Waals surface area (Å²) < 4.78 is 3.39. The summed E-state index contributed by atoms with van der Waals surface area (Å²) in [5, 5.41) is 5.37. The molecule has 0 bridgehead atoms. The van der Waals surface area contributed by atoms with E-state index >= 15 is 0 Å². The summed E-state index contributed by atoms with van der Waals surface area (Å²) in [5.41, 5.74) is 9.09. The van der Waals surface area contributed by atoms with Crippen LogP contribution in [-0.2, 0) is 6.54 Å². The van der Waals surface area contributed by atoms with Gasteiger partial charge in [0, 0.05) is 37.8 Å². The maximum atomic E-state index is 12.3. The Hall–Kier alpha value is -2.93. The van der Waals surface area contributed by atoms with E-state index in [9.17, 15) is 4.79 Å². The van der Waals surface area contributed by atoms with Crippen molar-refractivity contribution in [3.05, 3.63) is 104 Å². The van der Waals surface area contributed by atoms with Crippen molar-refractivity contribution in [3.8, 4) is 0 Å². The second-order valence-corrected chi connectivity index (χ2v) is 8.48. The zero-order chi connectivity index (χ0) is 21.1. The number of nitrogens with one attached hydrogen (secondary N) is 1. The maximum Gasteiger partial charge on any atom is 0.271 e. The van der Waals surface area contributed by atoms with Crippen LogP contribution in [0.25, 0.3) is 10.9 Å². The first-order chi connectivity index (χ1) is 14.5. The van der Waals surface area contributed by atoms with Gasteiger partial charge in [-0.25, -0.2) is 5.43 Å². The quantitative estimate of drug-likeness (QED) is 0.211. The zero-order valence-corrected chi connectivity index (χ0v) is 19.1. The molecule has 0 atom stereocenters. The molecular formula is C25H22IN3O. The van der Waals surface area contributed by atoms with E-state index in [2.05, 4.69) is 94.0 Å². The molecule has 0 unspecified atom stereocenters. The average Bonchev–Trinajstić information content (AvgIpc) is 3.01. The number of halogens is 1. The third-order valence-corrected chi connectivity index (χ3v) is 6.05. The van der Waals surface area contributed by atoms with Gasteiger partial charge in [-0.3, -0.25) is 4.79 Å². The molecule has 0 aliphatic heterocycles. The van der Waals surface area contributed by atoms with Crippen LogP contribution in [0.2, 0.25) is 0 Å². The summed E-state index contributed by atoms with van der Waals surface area (Å²) in [6.07, 6.45) is 1.75. The third-order valence-electron chi connectivity index (χ3n) is 5.34. The molecule has 0 fully saturated rings. The highest BCUT2D eigenvalue weighted by molar-refractivity contribution is 14.1. The largest absolute Gasteiger partial charge is 0.340 e. The number of hydrogen-bond donors (Lipinski definition) is 1. The number of rotatable bonds is 5. The van der Waals surface area contributed by atoms with Gasteiger partial charge >= 0.3 is 0 Å². The van der Waals surface area contributed by atoms with E-state index in [1.165, 1.54) is 11.1 Å². The molecule has 30 heavy (non-hydrogen) atoms. The lowest BCUT2D eigenvalue weighted by molar-refractivity contribution is 0.0955. The Labute approximate surface area is 189 Å². The van der Waals surface area contributed by atoms with Gasteiger partial charge in [-0.05, 0) is 77.9 Å². The topological polar surface area (TPSA) is 46.4 Å². The summed E-state index contributed by atoms with van der Waals surface area (Å²) >= 11 is 2.22. The molecule has 0 saturated heterocycles. The molecule has 4 nitrogen and oxygen atoms in total. The number of aryl methyl sites for hydroxylation is 1. The molecule has 0 saturated carbocycles. The van der Waals surface area contributed by atoms with Crippen molar-refractivity contribution >= 4 is 45.6 Å². The van der Waals surface area contributed by atoms with Crippen molar-refractivity contribution in [1.29, 1.82) is 0 Å². The number of fused-ring (bicyclic) bond motifs is 1. The number of carbonyl (C=O) groups is 1. The number of para-hydroxylation sites is 1. The summed E-state index contributed by atoms with van der Waals surface area (Å²) in [7, 11) is 0. The van der Waals surface area contributed by atoms with Gasteiger partial charge in [0.2, 0.25) is 0 Å². The maximum absolute atomic E-state index is 12.3. The van der Waals surface area contributed by atoms with Gasteiger partial charge in [0.15, 0.2) is 0 Å². The van der Waals surface area contributed by atoms with Gasteiger partial charge in [0.05, 0.1) is 6.21 Å². The fourth-order valence-corrected chi connectivity index (χ4v) is 3.96. The van der Waals surface area contributed by atoms with Crippen LogP contribution < -0.4 is 5.43 Å². The van der Waals surface area contributed by atoms with E-state index in [1.54, 1.807) is 18.3 Å². The van der Waals surface area contributed by atoms with Crippen LogP contribution in [0, 0.1) is 17.4 Å². The zero-order valence-electron chi connectivity index (χ0n) is 16.9. The first kappa shape index (κ1) is 20.3. The number of hydrogen-bond acceptors (Lipinski definition) is 2. The van der Waals surface area contributed by atoms with Gasteiger partial charge in [0.25, 0.3) is 5.91 Å². The van der Waals surface area contributed by atoms with Crippen molar-refractivity contribution in [2.24, 2.45) is 5.10 Å². The number of carbonyl (C=O) groups excluding carboxylic acids is 1. The third kappa shape index (κ3) is 4.16. The Morgan fingerprint density at radius 1 is 1.00 bits per heavy atom. The summed E-state index contributed by atoms with van der Waals surface area (Å²) in [6.45, 7) is 5.03. The molecule has 4 rings (SSSR count). The van der Waals surface area contributed by atoms with Crippen molar-refractivity contribution in [1.82, 2.24) is 9.99 Å².